The molecule has 2 aliphatic rings. The topological polar surface area (TPSA) is 129 Å². The first-order valence-corrected chi connectivity index (χ1v) is 15.9. The second-order valence-electron chi connectivity index (χ2n) is 11.9. The number of aryl methyl sites for hydroxylation is 1. The number of hydrogen-bond acceptors (Lipinski definition) is 9. The van der Waals surface area contributed by atoms with E-state index in [0.29, 0.717) is 61.8 Å². The number of ether oxygens (including phenoxy) is 4. The SMILES string of the molecule is COc1ccc(CN2CC[C@H]3Oc4cc(F)cc(c4)CNC(=O)CCc4ccc(OC)c(c4)OCC(=O)N[C@@H]3C2)cc1Cn1cncn1. The molecule has 0 aliphatic carbocycles. The molecule has 0 unspecified atom stereocenters. The van der Waals surface area contributed by atoms with E-state index in [-0.39, 0.29) is 31.4 Å². The summed E-state index contributed by atoms with van der Waals surface area (Å²) in [6, 6.07) is 15.5. The monoisotopic (exact) mass is 658 g/mol. The molecule has 252 valence electrons. The number of halogens is 1. The molecule has 2 aliphatic heterocycles. The van der Waals surface area contributed by atoms with Crippen LogP contribution in [-0.4, -0.2) is 77.5 Å². The number of fused-ring (bicyclic) bond motifs is 5. The Morgan fingerprint density at radius 2 is 1.81 bits per heavy atom. The third kappa shape index (κ3) is 8.40. The third-order valence-corrected chi connectivity index (χ3v) is 8.47. The molecule has 6 rings (SSSR count). The molecular weight excluding hydrogens is 619 g/mol. The van der Waals surface area contributed by atoms with Crippen molar-refractivity contribution in [3.8, 4) is 23.0 Å². The molecule has 13 heteroatoms. The molecule has 0 spiro atoms. The Hall–Kier alpha value is -5.17. The standard InChI is InChI=1S/C35H39FN6O6/c1-45-30-6-4-24(11-26(30)18-42-22-37-21-39-42)17-41-10-9-31-29(19-41)40-35(44)20-47-33-14-23(3-7-32(33)46-2)5-8-34(43)38-16-25-12-27(36)15-28(13-25)48-31/h3-4,6-7,11-15,21-22,29,31H,5,8-10,16-20H2,1-2H3,(H,38,43)(H,40,44)/t29-,31-/m1/s1. The smallest absolute Gasteiger partial charge is 0.258 e. The van der Waals surface area contributed by atoms with Crippen LogP contribution in [-0.2, 0) is 35.6 Å². The van der Waals surface area contributed by atoms with Gasteiger partial charge < -0.3 is 29.6 Å². The lowest BCUT2D eigenvalue weighted by atomic mass is 10.00. The lowest BCUT2D eigenvalue weighted by Crippen LogP contribution is -2.57. The zero-order valence-electron chi connectivity index (χ0n) is 27.0. The van der Waals surface area contributed by atoms with Gasteiger partial charge in [-0.1, -0.05) is 12.1 Å². The molecule has 1 saturated heterocycles. The zero-order chi connectivity index (χ0) is 33.5. The highest BCUT2D eigenvalue weighted by Crippen LogP contribution is 2.29. The minimum absolute atomic E-state index is 0.156. The Bertz CT molecular complexity index is 1730. The summed E-state index contributed by atoms with van der Waals surface area (Å²) >= 11 is 0. The van der Waals surface area contributed by atoms with E-state index in [4.69, 9.17) is 18.9 Å². The molecule has 12 nitrogen and oxygen atoms in total. The normalized spacial score (nSPS) is 19.0. The molecule has 1 aromatic heterocycles. The van der Waals surface area contributed by atoms with Crippen LogP contribution in [0.2, 0.25) is 0 Å². The van der Waals surface area contributed by atoms with Crippen LogP contribution in [0.4, 0.5) is 4.39 Å². The Morgan fingerprint density at radius 1 is 0.958 bits per heavy atom. The molecule has 1 fully saturated rings. The highest BCUT2D eigenvalue weighted by molar-refractivity contribution is 5.78. The number of methoxy groups -OCH3 is 2. The number of hydrogen-bond donors (Lipinski definition) is 2. The van der Waals surface area contributed by atoms with Crippen LogP contribution in [0.1, 0.15) is 35.1 Å². The highest BCUT2D eigenvalue weighted by Gasteiger charge is 2.33. The number of carbonyl (C=O) groups excluding carboxylic acids is 2. The van der Waals surface area contributed by atoms with Crippen LogP contribution in [0.15, 0.2) is 67.3 Å². The molecular formula is C35H39FN6O6. The number of nitrogens with zero attached hydrogens (tertiary/aromatic N) is 4. The number of amides is 2. The average Bonchev–Trinajstić information content (AvgIpc) is 3.59. The van der Waals surface area contributed by atoms with E-state index >= 15 is 0 Å². The van der Waals surface area contributed by atoms with Gasteiger partial charge in [0.2, 0.25) is 5.91 Å². The van der Waals surface area contributed by atoms with Crippen molar-refractivity contribution < 1.29 is 32.9 Å². The van der Waals surface area contributed by atoms with E-state index < -0.39 is 18.0 Å². The maximum Gasteiger partial charge on any atom is 0.258 e. The zero-order valence-corrected chi connectivity index (χ0v) is 27.0. The van der Waals surface area contributed by atoms with E-state index in [1.54, 1.807) is 36.3 Å². The van der Waals surface area contributed by atoms with Gasteiger partial charge in [0.1, 0.15) is 36.1 Å². The molecule has 4 aromatic rings. The van der Waals surface area contributed by atoms with E-state index in [9.17, 15) is 14.0 Å². The van der Waals surface area contributed by atoms with Gasteiger partial charge in [-0.15, -0.1) is 0 Å². The lowest BCUT2D eigenvalue weighted by molar-refractivity contribution is -0.125. The van der Waals surface area contributed by atoms with Crippen molar-refractivity contribution in [1.29, 1.82) is 0 Å². The first-order valence-electron chi connectivity index (χ1n) is 15.9. The molecule has 3 heterocycles. The van der Waals surface area contributed by atoms with Crippen molar-refractivity contribution >= 4 is 11.8 Å². The Labute approximate surface area is 278 Å². The Balaban J connectivity index is 1.23. The minimum atomic E-state index is -0.468. The second kappa shape index (κ2) is 15.2. The number of likely N-dealkylation sites (tertiary alicyclic amines) is 1. The number of benzene rings is 3. The average molecular weight is 659 g/mol. The van der Waals surface area contributed by atoms with Crippen molar-refractivity contribution in [2.45, 2.75) is 51.0 Å². The summed E-state index contributed by atoms with van der Waals surface area (Å²) in [7, 11) is 3.17. The lowest BCUT2D eigenvalue weighted by Gasteiger charge is -2.39. The van der Waals surface area contributed by atoms with E-state index in [2.05, 4.69) is 31.7 Å². The molecule has 4 bridgehead atoms. The summed E-state index contributed by atoms with van der Waals surface area (Å²) in [4.78, 5) is 32.2. The third-order valence-electron chi connectivity index (χ3n) is 8.47. The highest BCUT2D eigenvalue weighted by atomic mass is 19.1. The van der Waals surface area contributed by atoms with Gasteiger partial charge in [0.15, 0.2) is 18.1 Å². The number of rotatable bonds is 6. The molecule has 2 atom stereocenters. The van der Waals surface area contributed by atoms with Crippen LogP contribution in [0.5, 0.6) is 23.0 Å². The van der Waals surface area contributed by atoms with Crippen molar-refractivity contribution in [3.05, 3.63) is 95.3 Å². The predicted octanol–water partition coefficient (Wildman–Crippen LogP) is 3.26. The number of carbonyl (C=O) groups is 2. The van der Waals surface area contributed by atoms with E-state index in [1.165, 1.54) is 25.6 Å². The van der Waals surface area contributed by atoms with Gasteiger partial charge in [0, 0.05) is 44.2 Å². The largest absolute Gasteiger partial charge is 0.496 e. The Morgan fingerprint density at radius 3 is 2.62 bits per heavy atom. The van der Waals surface area contributed by atoms with Gasteiger partial charge in [0.25, 0.3) is 5.91 Å². The maximum atomic E-state index is 14.7. The van der Waals surface area contributed by atoms with Gasteiger partial charge in [-0.05, 0) is 65.9 Å². The fraction of sp³-hybridized carbons (Fsp3) is 0.371. The fourth-order valence-corrected chi connectivity index (χ4v) is 6.12. The number of nitrogens with one attached hydrogen (secondary N) is 2. The minimum Gasteiger partial charge on any atom is -0.496 e. The van der Waals surface area contributed by atoms with Crippen LogP contribution >= 0.6 is 0 Å². The first kappa shape index (κ1) is 32.8. The van der Waals surface area contributed by atoms with Crippen LogP contribution in [0, 0.1) is 5.82 Å². The van der Waals surface area contributed by atoms with Crippen molar-refractivity contribution in [2.75, 3.05) is 33.9 Å². The van der Waals surface area contributed by atoms with Gasteiger partial charge in [-0.3, -0.25) is 14.5 Å². The second-order valence-corrected chi connectivity index (χ2v) is 11.9. The molecule has 2 amide bonds. The van der Waals surface area contributed by atoms with E-state index in [1.807, 2.05) is 18.2 Å². The van der Waals surface area contributed by atoms with Gasteiger partial charge in [-0.25, -0.2) is 14.1 Å². The van der Waals surface area contributed by atoms with Crippen molar-refractivity contribution in [1.82, 2.24) is 30.3 Å². The van der Waals surface area contributed by atoms with Gasteiger partial charge >= 0.3 is 0 Å². The summed E-state index contributed by atoms with van der Waals surface area (Å²) in [6.45, 7) is 2.20. The molecule has 3 aromatic carbocycles. The number of aromatic nitrogens is 3. The van der Waals surface area contributed by atoms with Crippen LogP contribution < -0.4 is 29.6 Å². The first-order chi connectivity index (χ1) is 23.3. The van der Waals surface area contributed by atoms with Crippen molar-refractivity contribution in [2.24, 2.45) is 0 Å². The maximum absolute atomic E-state index is 14.7. The van der Waals surface area contributed by atoms with Crippen LogP contribution in [0.3, 0.4) is 0 Å². The summed E-state index contributed by atoms with van der Waals surface area (Å²) < 4.78 is 39.7. The Kier molecular flexibility index (Phi) is 10.3. The summed E-state index contributed by atoms with van der Waals surface area (Å²) in [5, 5.41) is 10.2. The molecule has 2 N–H and O–H groups in total. The summed E-state index contributed by atoms with van der Waals surface area (Å²) in [5.74, 6) is 1.02. The number of piperidine rings is 1. The predicted molar refractivity (Wildman–Crippen MR) is 173 cm³/mol. The van der Waals surface area contributed by atoms with Gasteiger partial charge in [-0.2, -0.15) is 5.10 Å². The summed E-state index contributed by atoms with van der Waals surface area (Å²) in [5.41, 5.74) is 3.48. The van der Waals surface area contributed by atoms with Crippen LogP contribution in [0.25, 0.3) is 0 Å². The van der Waals surface area contributed by atoms with Gasteiger partial charge in [0.05, 0.1) is 26.8 Å². The van der Waals surface area contributed by atoms with Crippen molar-refractivity contribution in [3.63, 3.8) is 0 Å². The molecule has 48 heavy (non-hydrogen) atoms. The van der Waals surface area contributed by atoms with E-state index in [0.717, 1.165) is 22.4 Å². The summed E-state index contributed by atoms with van der Waals surface area (Å²) in [6.07, 6.45) is 3.97. The molecule has 0 saturated carbocycles. The molecule has 0 radical (unpaired) electrons. The fourth-order valence-electron chi connectivity index (χ4n) is 6.12. The quantitative estimate of drug-likeness (QED) is 0.321.